The second kappa shape index (κ2) is 10.0. The number of rotatable bonds is 5. The Balaban J connectivity index is 0.00000155. The zero-order valence-electron chi connectivity index (χ0n) is 21.3. The van der Waals surface area contributed by atoms with Crippen molar-refractivity contribution in [3.63, 3.8) is 0 Å². The molecule has 3 rings (SSSR count). The van der Waals surface area contributed by atoms with E-state index >= 15 is 0 Å². The second-order valence-electron chi connectivity index (χ2n) is 11.0. The number of hydrogen-bond donors (Lipinski definition) is 0. The van der Waals surface area contributed by atoms with Crippen LogP contribution in [0.5, 0.6) is 0 Å². The van der Waals surface area contributed by atoms with E-state index in [0.717, 1.165) is 24.7 Å². The molecule has 3 aliphatic rings. The summed E-state index contributed by atoms with van der Waals surface area (Å²) in [6, 6.07) is 0. The molecule has 0 aromatic rings. The van der Waals surface area contributed by atoms with Gasteiger partial charge in [-0.1, -0.05) is 72.3 Å². The number of fused-ring (bicyclic) bond motifs is 3. The van der Waals surface area contributed by atoms with Crippen molar-refractivity contribution < 1.29 is 4.79 Å². The van der Waals surface area contributed by atoms with E-state index in [2.05, 4.69) is 66.7 Å². The van der Waals surface area contributed by atoms with Crippen molar-refractivity contribution in [1.82, 2.24) is 0 Å². The fourth-order valence-corrected chi connectivity index (χ4v) is 6.69. The maximum atomic E-state index is 12.0. The first-order valence-corrected chi connectivity index (χ1v) is 12.7. The van der Waals surface area contributed by atoms with Gasteiger partial charge >= 0.3 is 0 Å². The molecule has 1 saturated carbocycles. The van der Waals surface area contributed by atoms with Gasteiger partial charge in [-0.05, 0) is 98.0 Å². The summed E-state index contributed by atoms with van der Waals surface area (Å²) >= 11 is 0. The molecule has 0 radical (unpaired) electrons. The zero-order valence-corrected chi connectivity index (χ0v) is 21.3. The van der Waals surface area contributed by atoms with Gasteiger partial charge in [-0.2, -0.15) is 0 Å². The fraction of sp³-hybridized carbons (Fsp3) is 0.759. The van der Waals surface area contributed by atoms with Crippen molar-refractivity contribution >= 4 is 5.78 Å². The quantitative estimate of drug-likeness (QED) is 0.413. The Labute approximate surface area is 187 Å². The van der Waals surface area contributed by atoms with E-state index in [1.165, 1.54) is 36.8 Å². The molecule has 1 fully saturated rings. The highest BCUT2D eigenvalue weighted by Crippen LogP contribution is 2.61. The predicted octanol–water partition coefficient (Wildman–Crippen LogP) is 8.57. The lowest BCUT2D eigenvalue weighted by Gasteiger charge is -2.58. The third-order valence-electron chi connectivity index (χ3n) is 9.33. The highest BCUT2D eigenvalue weighted by atomic mass is 16.1. The Morgan fingerprint density at radius 2 is 1.87 bits per heavy atom. The summed E-state index contributed by atoms with van der Waals surface area (Å²) in [6.45, 7) is 20.9. The summed E-state index contributed by atoms with van der Waals surface area (Å²) in [7, 11) is 0. The molecule has 0 amide bonds. The summed E-state index contributed by atoms with van der Waals surface area (Å²) < 4.78 is 0. The van der Waals surface area contributed by atoms with Gasteiger partial charge in [-0.15, -0.1) is 0 Å². The standard InChI is InChI=1S/C27H42O.C2H6/c1-18(2)9-8-10-19(3)20(4)26(6)16-14-25-24(21(26)5)12-11-22-17-23(28)13-15-27(22,25)7;1-2/h9,11-12,17,19-21,24-25H,8,10,13-16H2,1-7H3;1-2H3/t19-,20-,21+,24?,25+,26?,27?;/m1./s1. The highest BCUT2D eigenvalue weighted by molar-refractivity contribution is 5.92. The van der Waals surface area contributed by atoms with E-state index < -0.39 is 0 Å². The normalized spacial score (nSPS) is 37.0. The number of carbonyl (C=O) groups excluding carboxylic acids is 1. The molecule has 30 heavy (non-hydrogen) atoms. The molecule has 1 nitrogen and oxygen atoms in total. The maximum absolute atomic E-state index is 12.0. The molecule has 0 bridgehead atoms. The van der Waals surface area contributed by atoms with Crippen LogP contribution in [0.1, 0.15) is 101 Å². The molecular formula is C29H48O. The monoisotopic (exact) mass is 412 g/mol. The first kappa shape index (κ1) is 25.2. The summed E-state index contributed by atoms with van der Waals surface area (Å²) in [5.41, 5.74) is 3.36. The minimum atomic E-state index is 0.210. The van der Waals surface area contributed by atoms with Gasteiger partial charge < -0.3 is 0 Å². The molecule has 170 valence electrons. The van der Waals surface area contributed by atoms with Crippen LogP contribution in [0.3, 0.4) is 0 Å². The van der Waals surface area contributed by atoms with Crippen LogP contribution in [0.4, 0.5) is 0 Å². The van der Waals surface area contributed by atoms with Crippen LogP contribution in [-0.2, 0) is 4.79 Å². The number of ketones is 1. The Bertz CT molecular complexity index is 691. The molecule has 0 saturated heterocycles. The van der Waals surface area contributed by atoms with Gasteiger partial charge in [0, 0.05) is 6.42 Å². The largest absolute Gasteiger partial charge is 0.295 e. The van der Waals surface area contributed by atoms with Crippen LogP contribution in [0.15, 0.2) is 35.5 Å². The molecule has 0 N–H and O–H groups in total. The van der Waals surface area contributed by atoms with Crippen LogP contribution in [0.2, 0.25) is 0 Å². The van der Waals surface area contributed by atoms with Crippen molar-refractivity contribution in [2.75, 3.05) is 0 Å². The van der Waals surface area contributed by atoms with Gasteiger partial charge in [0.15, 0.2) is 5.78 Å². The van der Waals surface area contributed by atoms with E-state index in [1.807, 2.05) is 19.9 Å². The molecule has 0 aliphatic heterocycles. The Hall–Kier alpha value is -1.11. The molecule has 1 heteroatoms. The van der Waals surface area contributed by atoms with Crippen LogP contribution in [0.25, 0.3) is 0 Å². The summed E-state index contributed by atoms with van der Waals surface area (Å²) in [6.07, 6.45) is 16.1. The van der Waals surface area contributed by atoms with Gasteiger partial charge in [-0.25, -0.2) is 0 Å². The third-order valence-corrected chi connectivity index (χ3v) is 9.33. The molecule has 0 aromatic carbocycles. The van der Waals surface area contributed by atoms with Crippen LogP contribution in [0, 0.1) is 40.4 Å². The number of hydrogen-bond acceptors (Lipinski definition) is 1. The molecular weight excluding hydrogens is 364 g/mol. The van der Waals surface area contributed by atoms with Crippen molar-refractivity contribution in [3.8, 4) is 0 Å². The number of allylic oxidation sites excluding steroid dienone is 6. The minimum Gasteiger partial charge on any atom is -0.295 e. The lowest BCUT2D eigenvalue weighted by atomic mass is 9.46. The Morgan fingerprint density at radius 1 is 1.20 bits per heavy atom. The zero-order chi connectivity index (χ0) is 22.7. The predicted molar refractivity (Wildman–Crippen MR) is 131 cm³/mol. The van der Waals surface area contributed by atoms with Gasteiger partial charge in [-0.3, -0.25) is 4.79 Å². The molecule has 3 unspecified atom stereocenters. The first-order valence-electron chi connectivity index (χ1n) is 12.7. The van der Waals surface area contributed by atoms with E-state index in [4.69, 9.17) is 0 Å². The Kier molecular flexibility index (Phi) is 8.39. The van der Waals surface area contributed by atoms with Crippen LogP contribution >= 0.6 is 0 Å². The molecule has 3 aliphatic carbocycles. The number of carbonyl (C=O) groups is 1. The lowest BCUT2D eigenvalue weighted by molar-refractivity contribution is -0.116. The third kappa shape index (κ3) is 4.71. The van der Waals surface area contributed by atoms with Crippen LogP contribution in [-0.4, -0.2) is 5.78 Å². The average Bonchev–Trinajstić information content (AvgIpc) is 2.71. The van der Waals surface area contributed by atoms with Crippen molar-refractivity contribution in [3.05, 3.63) is 35.5 Å². The van der Waals surface area contributed by atoms with E-state index in [-0.39, 0.29) is 5.41 Å². The topological polar surface area (TPSA) is 17.1 Å². The molecule has 0 aromatic heterocycles. The molecule has 7 atom stereocenters. The second-order valence-corrected chi connectivity index (χ2v) is 11.0. The van der Waals surface area contributed by atoms with Crippen molar-refractivity contribution in [1.29, 1.82) is 0 Å². The van der Waals surface area contributed by atoms with Gasteiger partial charge in [0.05, 0.1) is 0 Å². The Morgan fingerprint density at radius 3 is 2.50 bits per heavy atom. The maximum Gasteiger partial charge on any atom is 0.156 e. The molecule has 0 heterocycles. The van der Waals surface area contributed by atoms with Crippen molar-refractivity contribution in [2.24, 2.45) is 40.4 Å². The van der Waals surface area contributed by atoms with Gasteiger partial charge in [0.1, 0.15) is 0 Å². The SMILES string of the molecule is CC.CC(C)=CCC[C@@H](C)[C@@H](C)C1(C)CC[C@H]2C(C=CC3=CC(=O)CCC32C)[C@@H]1C. The minimum absolute atomic E-state index is 0.210. The summed E-state index contributed by atoms with van der Waals surface area (Å²) in [5, 5.41) is 0. The van der Waals surface area contributed by atoms with Gasteiger partial charge in [0.2, 0.25) is 0 Å². The average molecular weight is 413 g/mol. The van der Waals surface area contributed by atoms with Gasteiger partial charge in [0.25, 0.3) is 0 Å². The fourth-order valence-electron chi connectivity index (χ4n) is 6.69. The summed E-state index contributed by atoms with van der Waals surface area (Å²) in [4.78, 5) is 12.0. The van der Waals surface area contributed by atoms with E-state index in [0.29, 0.717) is 29.0 Å². The van der Waals surface area contributed by atoms with E-state index in [9.17, 15) is 4.79 Å². The lowest BCUT2D eigenvalue weighted by Crippen LogP contribution is -2.51. The summed E-state index contributed by atoms with van der Waals surface area (Å²) in [5.74, 6) is 3.86. The van der Waals surface area contributed by atoms with Crippen LogP contribution < -0.4 is 0 Å². The smallest absolute Gasteiger partial charge is 0.156 e. The molecule has 0 spiro atoms. The van der Waals surface area contributed by atoms with Crippen molar-refractivity contribution in [2.45, 2.75) is 101 Å². The highest BCUT2D eigenvalue weighted by Gasteiger charge is 2.53. The van der Waals surface area contributed by atoms with E-state index in [1.54, 1.807) is 0 Å². The first-order chi connectivity index (χ1) is 14.1.